The fraction of sp³-hybridized carbons (Fsp3) is 0.240. The van der Waals surface area contributed by atoms with Gasteiger partial charge in [-0.3, -0.25) is 0 Å². The van der Waals surface area contributed by atoms with Crippen LogP contribution in [0.3, 0.4) is 0 Å². The third kappa shape index (κ3) is 2.54. The largest absolute Gasteiger partial charge is 0.457 e. The second kappa shape index (κ2) is 5.71. The first-order chi connectivity index (χ1) is 13.3. The molecule has 0 unspecified atom stereocenters. The molecule has 0 N–H and O–H groups in total. The first-order valence-corrected chi connectivity index (χ1v) is 9.65. The maximum Gasteiger partial charge on any atom is 0.195 e. The van der Waals surface area contributed by atoms with E-state index in [-0.39, 0.29) is 5.41 Å². The topological polar surface area (TPSA) is 39.2 Å². The van der Waals surface area contributed by atoms with Crippen LogP contribution in [0.4, 0.5) is 0 Å². The Labute approximate surface area is 164 Å². The summed E-state index contributed by atoms with van der Waals surface area (Å²) in [7, 11) is 0. The third-order valence-electron chi connectivity index (χ3n) is 5.33. The van der Waals surface area contributed by atoms with E-state index in [0.717, 1.165) is 44.8 Å². The van der Waals surface area contributed by atoms with E-state index in [1.165, 1.54) is 16.3 Å². The van der Waals surface area contributed by atoms with E-state index >= 15 is 0 Å². The van der Waals surface area contributed by atoms with Gasteiger partial charge in [-0.2, -0.15) is 0 Å². The summed E-state index contributed by atoms with van der Waals surface area (Å²) < 4.78 is 11.9. The molecule has 5 rings (SSSR count). The summed E-state index contributed by atoms with van der Waals surface area (Å²) in [5.74, 6) is 1.69. The van der Waals surface area contributed by atoms with Crippen LogP contribution in [-0.2, 0) is 5.41 Å². The molecule has 2 aromatic carbocycles. The van der Waals surface area contributed by atoms with E-state index in [0.29, 0.717) is 0 Å². The Kier molecular flexibility index (Phi) is 3.48. The van der Waals surface area contributed by atoms with Gasteiger partial charge in [-0.25, -0.2) is 4.98 Å². The van der Waals surface area contributed by atoms with Gasteiger partial charge in [0, 0.05) is 11.6 Å². The number of fused-ring (bicyclic) bond motifs is 4. The first-order valence-electron chi connectivity index (χ1n) is 9.65. The molecule has 0 radical (unpaired) electrons. The van der Waals surface area contributed by atoms with E-state index in [1.807, 2.05) is 19.9 Å². The van der Waals surface area contributed by atoms with Crippen molar-refractivity contribution < 1.29 is 8.83 Å². The SMILES string of the molecule is Cc1cc2nc(-c3cc(C(C)(C)C)c4ccccc4c3)c3cc(C)oc3c2o1. The van der Waals surface area contributed by atoms with Gasteiger partial charge < -0.3 is 8.83 Å². The van der Waals surface area contributed by atoms with Gasteiger partial charge in [0.1, 0.15) is 17.0 Å². The summed E-state index contributed by atoms with van der Waals surface area (Å²) in [6.07, 6.45) is 0. The van der Waals surface area contributed by atoms with Crippen molar-refractivity contribution >= 4 is 32.8 Å². The minimum atomic E-state index is 0.0252. The van der Waals surface area contributed by atoms with E-state index in [2.05, 4.69) is 63.2 Å². The zero-order valence-electron chi connectivity index (χ0n) is 16.9. The fourth-order valence-electron chi connectivity index (χ4n) is 4.07. The highest BCUT2D eigenvalue weighted by molar-refractivity contribution is 6.07. The molecule has 3 heterocycles. The van der Waals surface area contributed by atoms with E-state index in [4.69, 9.17) is 13.8 Å². The van der Waals surface area contributed by atoms with Crippen molar-refractivity contribution in [1.82, 2.24) is 4.98 Å². The maximum absolute atomic E-state index is 6.01. The molecule has 140 valence electrons. The quantitative estimate of drug-likeness (QED) is 0.311. The molecular weight excluding hydrogens is 346 g/mol. The number of pyridine rings is 1. The van der Waals surface area contributed by atoms with Crippen molar-refractivity contribution in [2.24, 2.45) is 0 Å². The lowest BCUT2D eigenvalue weighted by molar-refractivity contribution is 0.548. The number of hydrogen-bond acceptors (Lipinski definition) is 3. The number of aromatic nitrogens is 1. The van der Waals surface area contributed by atoms with Crippen LogP contribution in [0.1, 0.15) is 37.9 Å². The zero-order chi connectivity index (χ0) is 19.6. The molecule has 0 amide bonds. The Morgan fingerprint density at radius 3 is 2.29 bits per heavy atom. The van der Waals surface area contributed by atoms with Crippen molar-refractivity contribution in [2.75, 3.05) is 0 Å². The molecule has 0 aliphatic carbocycles. The molecule has 3 nitrogen and oxygen atoms in total. The Morgan fingerprint density at radius 1 is 0.786 bits per heavy atom. The lowest BCUT2D eigenvalue weighted by Gasteiger charge is -2.22. The van der Waals surface area contributed by atoms with Gasteiger partial charge in [0.25, 0.3) is 0 Å². The smallest absolute Gasteiger partial charge is 0.195 e. The van der Waals surface area contributed by atoms with Crippen LogP contribution in [-0.4, -0.2) is 4.98 Å². The third-order valence-corrected chi connectivity index (χ3v) is 5.33. The van der Waals surface area contributed by atoms with Gasteiger partial charge in [-0.1, -0.05) is 45.0 Å². The van der Waals surface area contributed by atoms with Gasteiger partial charge in [0.2, 0.25) is 0 Å². The van der Waals surface area contributed by atoms with Crippen molar-refractivity contribution in [3.05, 3.63) is 65.6 Å². The Bertz CT molecular complexity index is 1360. The Balaban J connectivity index is 1.90. The minimum Gasteiger partial charge on any atom is -0.457 e. The van der Waals surface area contributed by atoms with E-state index in [1.54, 1.807) is 0 Å². The molecule has 0 bridgehead atoms. The highest BCUT2D eigenvalue weighted by atomic mass is 16.4. The predicted octanol–water partition coefficient (Wildman–Crippen LogP) is 7.31. The number of hydrogen-bond donors (Lipinski definition) is 0. The molecule has 3 heteroatoms. The number of furan rings is 2. The van der Waals surface area contributed by atoms with Gasteiger partial charge in [0.05, 0.1) is 11.1 Å². The van der Waals surface area contributed by atoms with Gasteiger partial charge in [0.15, 0.2) is 11.2 Å². The van der Waals surface area contributed by atoms with E-state index < -0.39 is 0 Å². The molecule has 5 aromatic rings. The van der Waals surface area contributed by atoms with Crippen molar-refractivity contribution in [3.8, 4) is 11.3 Å². The highest BCUT2D eigenvalue weighted by Gasteiger charge is 2.21. The predicted molar refractivity (Wildman–Crippen MR) is 115 cm³/mol. The van der Waals surface area contributed by atoms with Crippen LogP contribution in [0.25, 0.3) is 44.1 Å². The van der Waals surface area contributed by atoms with Crippen LogP contribution in [0.5, 0.6) is 0 Å². The van der Waals surface area contributed by atoms with Crippen LogP contribution in [0.2, 0.25) is 0 Å². The Hall–Kier alpha value is -3.07. The normalized spacial score (nSPS) is 12.5. The second-order valence-electron chi connectivity index (χ2n) is 8.63. The average molecular weight is 369 g/mol. The summed E-state index contributed by atoms with van der Waals surface area (Å²) in [6.45, 7) is 10.7. The van der Waals surface area contributed by atoms with Crippen LogP contribution in [0.15, 0.2) is 57.4 Å². The van der Waals surface area contributed by atoms with Crippen LogP contribution in [0, 0.1) is 13.8 Å². The number of aryl methyl sites for hydroxylation is 2. The minimum absolute atomic E-state index is 0.0252. The van der Waals surface area contributed by atoms with Crippen LogP contribution < -0.4 is 0 Å². The molecule has 0 atom stereocenters. The first kappa shape index (κ1) is 17.1. The highest BCUT2D eigenvalue weighted by Crippen LogP contribution is 2.39. The lowest BCUT2D eigenvalue weighted by Crippen LogP contribution is -2.12. The molecule has 0 saturated heterocycles. The van der Waals surface area contributed by atoms with Crippen molar-refractivity contribution in [3.63, 3.8) is 0 Å². The summed E-state index contributed by atoms with van der Waals surface area (Å²) in [6, 6.07) is 17.1. The Morgan fingerprint density at radius 2 is 1.50 bits per heavy atom. The molecule has 0 spiro atoms. The van der Waals surface area contributed by atoms with Crippen molar-refractivity contribution in [2.45, 2.75) is 40.0 Å². The number of rotatable bonds is 1. The van der Waals surface area contributed by atoms with Crippen LogP contribution >= 0.6 is 0 Å². The summed E-state index contributed by atoms with van der Waals surface area (Å²) >= 11 is 0. The number of nitrogens with zero attached hydrogens (tertiary/aromatic N) is 1. The van der Waals surface area contributed by atoms with Gasteiger partial charge in [-0.15, -0.1) is 0 Å². The molecule has 0 aliphatic rings. The van der Waals surface area contributed by atoms with Gasteiger partial charge >= 0.3 is 0 Å². The molecular formula is C25H23NO2. The standard InChI is InChI=1S/C25H23NO2/c1-14-10-19-22(26-21-11-15(2)28-24(21)23(19)27-14)17-12-16-8-6-7-9-18(16)20(13-17)25(3,4)5/h6-13H,1-5H3. The summed E-state index contributed by atoms with van der Waals surface area (Å²) in [5.41, 5.74) is 5.72. The van der Waals surface area contributed by atoms with Gasteiger partial charge in [-0.05, 0) is 53.8 Å². The molecule has 0 aliphatic heterocycles. The van der Waals surface area contributed by atoms with Crippen molar-refractivity contribution in [1.29, 1.82) is 0 Å². The molecule has 28 heavy (non-hydrogen) atoms. The molecule has 0 saturated carbocycles. The maximum atomic E-state index is 6.01. The fourth-order valence-corrected chi connectivity index (χ4v) is 4.07. The zero-order valence-corrected chi connectivity index (χ0v) is 16.9. The number of benzene rings is 2. The summed E-state index contributed by atoms with van der Waals surface area (Å²) in [4.78, 5) is 4.98. The summed E-state index contributed by atoms with van der Waals surface area (Å²) in [5, 5.41) is 3.51. The molecule has 0 fully saturated rings. The average Bonchev–Trinajstić information content (AvgIpc) is 3.20. The monoisotopic (exact) mass is 369 g/mol. The lowest BCUT2D eigenvalue weighted by atomic mass is 9.82. The van der Waals surface area contributed by atoms with E-state index in [9.17, 15) is 0 Å². The second-order valence-corrected chi connectivity index (χ2v) is 8.63. The molecule has 3 aromatic heterocycles.